The van der Waals surface area contributed by atoms with Crippen molar-refractivity contribution < 1.29 is 4.79 Å². The van der Waals surface area contributed by atoms with Crippen molar-refractivity contribution in [3.63, 3.8) is 0 Å². The first-order valence-corrected chi connectivity index (χ1v) is 10.6. The minimum atomic E-state index is -0.235. The Morgan fingerprint density at radius 2 is 2.15 bits per heavy atom. The molecular weight excluding hydrogens is 346 g/mol. The highest BCUT2D eigenvalue weighted by molar-refractivity contribution is 7.09. The third kappa shape index (κ3) is 2.51. The van der Waals surface area contributed by atoms with Gasteiger partial charge in [-0.3, -0.25) is 4.79 Å². The molecule has 0 saturated heterocycles. The van der Waals surface area contributed by atoms with Gasteiger partial charge in [-0.25, -0.2) is 14.6 Å². The molecule has 4 saturated carbocycles. The van der Waals surface area contributed by atoms with Crippen LogP contribution in [0.4, 0.5) is 0 Å². The number of carbonyl (C=O) groups is 1. The molecule has 26 heavy (non-hydrogen) atoms. The number of rotatable bonds is 5. The molecule has 2 atom stereocenters. The van der Waals surface area contributed by atoms with Crippen LogP contribution in [0.1, 0.15) is 56.2 Å². The van der Waals surface area contributed by atoms with E-state index in [1.807, 2.05) is 6.33 Å². The maximum absolute atomic E-state index is 13.3. The lowest BCUT2D eigenvalue weighted by Gasteiger charge is -2.60. The molecule has 0 aromatic carbocycles. The van der Waals surface area contributed by atoms with Crippen molar-refractivity contribution in [2.45, 2.75) is 64.0 Å². The summed E-state index contributed by atoms with van der Waals surface area (Å²) in [7, 11) is 0. The quantitative estimate of drug-likeness (QED) is 0.877. The molecular formula is C19H25N5OS. The molecule has 0 radical (unpaired) electrons. The fourth-order valence-corrected chi connectivity index (χ4v) is 6.95. The van der Waals surface area contributed by atoms with Crippen LogP contribution >= 0.6 is 11.3 Å². The Hall–Kier alpha value is -1.76. The van der Waals surface area contributed by atoms with E-state index in [2.05, 4.69) is 37.4 Å². The van der Waals surface area contributed by atoms with Gasteiger partial charge in [-0.2, -0.15) is 5.10 Å². The number of hydrogen-bond acceptors (Lipinski definition) is 5. The van der Waals surface area contributed by atoms with Gasteiger partial charge in [-0.05, 0) is 56.8 Å². The Bertz CT molecular complexity index is 800. The van der Waals surface area contributed by atoms with E-state index in [1.54, 1.807) is 17.7 Å². The highest BCUT2D eigenvalue weighted by Crippen LogP contribution is 2.64. The fraction of sp³-hybridized carbons (Fsp3) is 0.684. The molecule has 138 valence electrons. The van der Waals surface area contributed by atoms with E-state index in [1.165, 1.54) is 6.42 Å². The van der Waals surface area contributed by atoms with Gasteiger partial charge in [0.1, 0.15) is 17.7 Å². The van der Waals surface area contributed by atoms with Crippen LogP contribution < -0.4 is 5.32 Å². The summed E-state index contributed by atoms with van der Waals surface area (Å²) < 4.78 is 2.06. The highest BCUT2D eigenvalue weighted by atomic mass is 32.1. The third-order valence-corrected chi connectivity index (χ3v) is 7.68. The molecule has 4 fully saturated rings. The lowest BCUT2D eigenvalue weighted by Crippen LogP contribution is -2.60. The molecule has 0 aliphatic heterocycles. The Labute approximate surface area is 157 Å². The van der Waals surface area contributed by atoms with E-state index >= 15 is 0 Å². The largest absolute Gasteiger partial charge is 0.349 e. The molecule has 2 unspecified atom stereocenters. The fourth-order valence-electron chi connectivity index (χ4n) is 6.14. The van der Waals surface area contributed by atoms with Gasteiger partial charge in [0.25, 0.3) is 0 Å². The molecule has 2 aromatic heterocycles. The molecule has 4 bridgehead atoms. The molecule has 2 aromatic rings. The SMILES string of the molecule is CCc1csc(CNC(=O)C23CC4CC(C2)CC(n2cncn2)(C4)C3)n1. The van der Waals surface area contributed by atoms with E-state index in [9.17, 15) is 4.79 Å². The van der Waals surface area contributed by atoms with Gasteiger partial charge in [0.15, 0.2) is 0 Å². The number of thiazole rings is 1. The van der Waals surface area contributed by atoms with Crippen molar-refractivity contribution >= 4 is 17.2 Å². The smallest absolute Gasteiger partial charge is 0.226 e. The van der Waals surface area contributed by atoms with Gasteiger partial charge in [0.05, 0.1) is 23.2 Å². The number of carbonyl (C=O) groups excluding carboxylic acids is 1. The number of amides is 1. The number of aromatic nitrogens is 4. The molecule has 7 heteroatoms. The number of nitrogens with zero attached hydrogens (tertiary/aromatic N) is 4. The summed E-state index contributed by atoms with van der Waals surface area (Å²) in [5.74, 6) is 1.50. The summed E-state index contributed by atoms with van der Waals surface area (Å²) >= 11 is 1.64. The van der Waals surface area contributed by atoms with Gasteiger partial charge in [0.2, 0.25) is 5.91 Å². The summed E-state index contributed by atoms with van der Waals surface area (Å²) in [4.78, 5) is 22.0. The molecule has 4 aliphatic carbocycles. The van der Waals surface area contributed by atoms with Crippen LogP contribution in [0.15, 0.2) is 18.0 Å². The maximum Gasteiger partial charge on any atom is 0.226 e. The first-order valence-electron chi connectivity index (χ1n) is 9.67. The number of aryl methyl sites for hydroxylation is 1. The van der Waals surface area contributed by atoms with Crippen molar-refractivity contribution in [3.05, 3.63) is 28.7 Å². The van der Waals surface area contributed by atoms with Crippen LogP contribution in [-0.4, -0.2) is 25.7 Å². The Morgan fingerprint density at radius 3 is 2.81 bits per heavy atom. The normalized spacial score (nSPS) is 35.0. The number of hydrogen-bond donors (Lipinski definition) is 1. The van der Waals surface area contributed by atoms with Crippen LogP contribution in [0.25, 0.3) is 0 Å². The predicted octanol–water partition coefficient (Wildman–Crippen LogP) is 2.91. The van der Waals surface area contributed by atoms with Gasteiger partial charge in [-0.15, -0.1) is 11.3 Å². The lowest BCUT2D eigenvalue weighted by molar-refractivity contribution is -0.156. The van der Waals surface area contributed by atoms with Crippen molar-refractivity contribution in [3.8, 4) is 0 Å². The molecule has 1 amide bonds. The number of nitrogens with one attached hydrogen (secondary N) is 1. The zero-order valence-corrected chi connectivity index (χ0v) is 16.0. The zero-order chi connectivity index (χ0) is 17.8. The maximum atomic E-state index is 13.3. The minimum Gasteiger partial charge on any atom is -0.349 e. The average molecular weight is 372 g/mol. The second kappa shape index (κ2) is 5.87. The van der Waals surface area contributed by atoms with Gasteiger partial charge >= 0.3 is 0 Å². The Kier molecular flexibility index (Phi) is 3.71. The van der Waals surface area contributed by atoms with E-state index < -0.39 is 0 Å². The van der Waals surface area contributed by atoms with Gasteiger partial charge in [0, 0.05) is 5.38 Å². The second-order valence-corrected chi connectivity index (χ2v) is 9.52. The molecule has 1 N–H and O–H groups in total. The first kappa shape index (κ1) is 16.4. The lowest BCUT2D eigenvalue weighted by atomic mass is 9.46. The van der Waals surface area contributed by atoms with Crippen LogP contribution in [-0.2, 0) is 23.3 Å². The average Bonchev–Trinajstić information content (AvgIpc) is 3.30. The van der Waals surface area contributed by atoms with E-state index in [-0.39, 0.29) is 16.9 Å². The van der Waals surface area contributed by atoms with Crippen molar-refractivity contribution in [2.75, 3.05) is 0 Å². The topological polar surface area (TPSA) is 72.7 Å². The summed E-state index contributed by atoms with van der Waals surface area (Å²) in [5, 5.41) is 10.8. The molecule has 6 nitrogen and oxygen atoms in total. The predicted molar refractivity (Wildman–Crippen MR) is 98.4 cm³/mol. The van der Waals surface area contributed by atoms with Gasteiger partial charge in [-0.1, -0.05) is 6.92 Å². The molecule has 2 heterocycles. The Morgan fingerprint density at radius 1 is 1.35 bits per heavy atom. The van der Waals surface area contributed by atoms with Crippen molar-refractivity contribution in [1.29, 1.82) is 0 Å². The summed E-state index contributed by atoms with van der Waals surface area (Å²) in [6, 6.07) is 0. The zero-order valence-electron chi connectivity index (χ0n) is 15.1. The van der Waals surface area contributed by atoms with Crippen molar-refractivity contribution in [2.24, 2.45) is 17.3 Å². The van der Waals surface area contributed by atoms with Crippen molar-refractivity contribution in [1.82, 2.24) is 25.1 Å². The minimum absolute atomic E-state index is 0.00547. The highest BCUT2D eigenvalue weighted by Gasteiger charge is 2.61. The monoisotopic (exact) mass is 371 g/mol. The standard InChI is InChI=1S/C19H25N5OS/c1-2-15-9-26-16(23-15)8-21-17(25)18-4-13-3-14(5-18)7-19(6-13,10-18)24-12-20-11-22-24/h9,11-14H,2-8,10H2,1H3,(H,21,25). The van der Waals surface area contributed by atoms with Crippen LogP contribution in [0.5, 0.6) is 0 Å². The summed E-state index contributed by atoms with van der Waals surface area (Å²) in [6.45, 7) is 2.66. The molecule has 0 spiro atoms. The van der Waals surface area contributed by atoms with Gasteiger partial charge < -0.3 is 5.32 Å². The van der Waals surface area contributed by atoms with Crippen LogP contribution in [0.2, 0.25) is 0 Å². The van der Waals surface area contributed by atoms with Crippen LogP contribution in [0.3, 0.4) is 0 Å². The third-order valence-electron chi connectivity index (χ3n) is 6.78. The Balaban J connectivity index is 1.37. The molecule has 6 rings (SSSR count). The van der Waals surface area contributed by atoms with E-state index in [0.717, 1.165) is 49.2 Å². The molecule has 4 aliphatic rings. The van der Waals surface area contributed by atoms with Crippen LogP contribution in [0, 0.1) is 17.3 Å². The summed E-state index contributed by atoms with van der Waals surface area (Å²) in [6.07, 6.45) is 11.0. The first-order chi connectivity index (χ1) is 12.6. The van der Waals surface area contributed by atoms with E-state index in [4.69, 9.17) is 0 Å². The second-order valence-electron chi connectivity index (χ2n) is 8.57. The summed E-state index contributed by atoms with van der Waals surface area (Å²) in [5.41, 5.74) is 0.870. The van der Waals surface area contributed by atoms with E-state index in [0.29, 0.717) is 18.4 Å².